The number of carbonyl (C=O) groups excluding carboxylic acids is 3. The van der Waals surface area contributed by atoms with Gasteiger partial charge in [-0.2, -0.15) is 0 Å². The van der Waals surface area contributed by atoms with Crippen molar-refractivity contribution in [3.8, 4) is 0 Å². The molecule has 1 unspecified atom stereocenters. The van der Waals surface area contributed by atoms with Gasteiger partial charge < -0.3 is 15.5 Å². The third kappa shape index (κ3) is 6.52. The van der Waals surface area contributed by atoms with Gasteiger partial charge in [-0.15, -0.1) is 0 Å². The number of benzene rings is 3. The lowest BCUT2D eigenvalue weighted by atomic mass is 10.0. The molecule has 3 rings (SSSR count). The molecule has 164 valence electrons. The fourth-order valence-electron chi connectivity index (χ4n) is 3.16. The Kier molecular flexibility index (Phi) is 8.16. The summed E-state index contributed by atoms with van der Waals surface area (Å²) in [7, 11) is 1.57. The first-order valence-corrected chi connectivity index (χ1v) is 10.9. The summed E-state index contributed by atoms with van der Waals surface area (Å²) in [6.07, 6.45) is 0.0292. The Morgan fingerprint density at radius 3 is 2.12 bits per heavy atom. The van der Waals surface area contributed by atoms with Crippen LogP contribution in [0.2, 0.25) is 0 Å². The molecule has 0 bridgehead atoms. The van der Waals surface area contributed by atoms with Crippen LogP contribution >= 0.6 is 15.9 Å². The fraction of sp³-hybridized carbons (Fsp3) is 0.160. The first-order chi connectivity index (χ1) is 15.4. The van der Waals surface area contributed by atoms with Crippen molar-refractivity contribution in [3.05, 3.63) is 101 Å². The molecule has 0 saturated heterocycles. The Balaban J connectivity index is 1.65. The molecular formula is C25H24BrN3O3. The number of hydrogen-bond donors (Lipinski definition) is 2. The molecule has 7 heteroatoms. The summed E-state index contributed by atoms with van der Waals surface area (Å²) in [6.45, 7) is -0.103. The second-order valence-corrected chi connectivity index (χ2v) is 8.14. The molecule has 2 N–H and O–H groups in total. The third-order valence-electron chi connectivity index (χ3n) is 4.88. The highest BCUT2D eigenvalue weighted by atomic mass is 79.9. The van der Waals surface area contributed by atoms with E-state index in [1.807, 2.05) is 54.6 Å². The highest BCUT2D eigenvalue weighted by Gasteiger charge is 2.22. The van der Waals surface area contributed by atoms with E-state index in [9.17, 15) is 14.4 Å². The number of anilines is 1. The molecular weight excluding hydrogens is 470 g/mol. The molecule has 0 aliphatic carbocycles. The zero-order valence-corrected chi connectivity index (χ0v) is 19.2. The molecule has 1 atom stereocenters. The van der Waals surface area contributed by atoms with Crippen molar-refractivity contribution in [3.63, 3.8) is 0 Å². The molecule has 0 fully saturated rings. The zero-order valence-electron chi connectivity index (χ0n) is 17.6. The molecule has 0 aliphatic rings. The molecule has 0 radical (unpaired) electrons. The highest BCUT2D eigenvalue weighted by molar-refractivity contribution is 9.10. The minimum absolute atomic E-state index is 0.0292. The van der Waals surface area contributed by atoms with Crippen molar-refractivity contribution in [2.75, 3.05) is 18.9 Å². The van der Waals surface area contributed by atoms with Gasteiger partial charge in [-0.05, 0) is 45.8 Å². The summed E-state index contributed by atoms with van der Waals surface area (Å²) in [5.74, 6) is -0.826. The molecule has 0 spiro atoms. The van der Waals surface area contributed by atoms with Gasteiger partial charge in [-0.1, -0.05) is 60.7 Å². The maximum Gasteiger partial charge on any atom is 0.251 e. The molecule has 0 saturated carbocycles. The van der Waals surface area contributed by atoms with Crippen molar-refractivity contribution < 1.29 is 14.4 Å². The van der Waals surface area contributed by atoms with E-state index in [-0.39, 0.29) is 30.7 Å². The number of amides is 3. The summed E-state index contributed by atoms with van der Waals surface area (Å²) in [5.41, 5.74) is 1.97. The van der Waals surface area contributed by atoms with Gasteiger partial charge in [0.1, 0.15) is 0 Å². The Labute approximate surface area is 195 Å². The van der Waals surface area contributed by atoms with E-state index in [0.717, 1.165) is 10.0 Å². The molecule has 6 nitrogen and oxygen atoms in total. The quantitative estimate of drug-likeness (QED) is 0.487. The lowest BCUT2D eigenvalue weighted by Crippen LogP contribution is -2.38. The van der Waals surface area contributed by atoms with Gasteiger partial charge in [0, 0.05) is 17.1 Å². The molecule has 32 heavy (non-hydrogen) atoms. The minimum Gasteiger partial charge on any atom is -0.345 e. The van der Waals surface area contributed by atoms with E-state index in [1.165, 1.54) is 4.90 Å². The van der Waals surface area contributed by atoms with Gasteiger partial charge in [0.15, 0.2) is 0 Å². The van der Waals surface area contributed by atoms with Crippen LogP contribution < -0.4 is 10.6 Å². The Bertz CT molecular complexity index is 1070. The number of nitrogens with zero attached hydrogens (tertiary/aromatic N) is 1. The highest BCUT2D eigenvalue weighted by Crippen LogP contribution is 2.21. The number of nitrogens with one attached hydrogen (secondary N) is 2. The van der Waals surface area contributed by atoms with Crippen LogP contribution in [0.25, 0.3) is 0 Å². The number of para-hydroxylation sites is 1. The molecule has 0 heterocycles. The van der Waals surface area contributed by atoms with E-state index in [0.29, 0.717) is 11.3 Å². The van der Waals surface area contributed by atoms with Crippen molar-refractivity contribution in [2.24, 2.45) is 0 Å². The van der Waals surface area contributed by atoms with Crippen LogP contribution in [0.15, 0.2) is 89.4 Å². The van der Waals surface area contributed by atoms with E-state index in [4.69, 9.17) is 0 Å². The second kappa shape index (κ2) is 11.2. The number of likely N-dealkylation sites (N-methyl/N-ethyl adjacent to an activating group) is 1. The molecule has 0 aliphatic heterocycles. The van der Waals surface area contributed by atoms with Crippen molar-refractivity contribution in [1.82, 2.24) is 10.2 Å². The summed E-state index contributed by atoms with van der Waals surface area (Å²) in [5, 5.41) is 5.73. The minimum atomic E-state index is -0.523. The molecule has 3 amide bonds. The maximum atomic E-state index is 12.9. The predicted molar refractivity (Wildman–Crippen MR) is 128 cm³/mol. The van der Waals surface area contributed by atoms with Gasteiger partial charge in [-0.25, -0.2) is 0 Å². The normalized spacial score (nSPS) is 11.3. The van der Waals surface area contributed by atoms with E-state index in [2.05, 4.69) is 26.6 Å². The van der Waals surface area contributed by atoms with E-state index >= 15 is 0 Å². The molecule has 3 aromatic rings. The second-order valence-electron chi connectivity index (χ2n) is 7.28. The van der Waals surface area contributed by atoms with Gasteiger partial charge in [-0.3, -0.25) is 14.4 Å². The van der Waals surface area contributed by atoms with E-state index in [1.54, 1.807) is 37.4 Å². The van der Waals surface area contributed by atoms with Crippen LogP contribution in [-0.2, 0) is 9.59 Å². The first-order valence-electron chi connectivity index (χ1n) is 10.1. The standard InChI is InChI=1S/C25H24BrN3O3/c1-29(17-23(30)27-21-15-9-8-14-20(21)26)24(31)16-22(18-10-4-2-5-11-18)28-25(32)19-12-6-3-7-13-19/h2-15,22H,16-17H2,1H3,(H,27,30)(H,28,32). The lowest BCUT2D eigenvalue weighted by Gasteiger charge is -2.23. The van der Waals surface area contributed by atoms with Crippen LogP contribution in [0.3, 0.4) is 0 Å². The lowest BCUT2D eigenvalue weighted by molar-refractivity contribution is -0.133. The summed E-state index contributed by atoms with van der Waals surface area (Å²) >= 11 is 3.39. The predicted octanol–water partition coefficient (Wildman–Crippen LogP) is 4.41. The number of hydrogen-bond acceptors (Lipinski definition) is 3. The monoisotopic (exact) mass is 493 g/mol. The summed E-state index contributed by atoms with van der Waals surface area (Å²) < 4.78 is 0.759. The smallest absolute Gasteiger partial charge is 0.251 e. The van der Waals surface area contributed by atoms with Crippen molar-refractivity contribution >= 4 is 39.3 Å². The Morgan fingerprint density at radius 2 is 1.47 bits per heavy atom. The van der Waals surface area contributed by atoms with Crippen molar-refractivity contribution in [2.45, 2.75) is 12.5 Å². The fourth-order valence-corrected chi connectivity index (χ4v) is 3.54. The maximum absolute atomic E-state index is 12.9. The van der Waals surface area contributed by atoms with Gasteiger partial charge in [0.25, 0.3) is 5.91 Å². The zero-order chi connectivity index (χ0) is 22.9. The van der Waals surface area contributed by atoms with Crippen LogP contribution in [0, 0.1) is 0 Å². The summed E-state index contributed by atoms with van der Waals surface area (Å²) in [4.78, 5) is 39.3. The number of halogens is 1. The number of rotatable bonds is 8. The molecule has 3 aromatic carbocycles. The average Bonchev–Trinajstić information content (AvgIpc) is 2.81. The average molecular weight is 494 g/mol. The van der Waals surface area contributed by atoms with Gasteiger partial charge in [0.05, 0.1) is 24.7 Å². The van der Waals surface area contributed by atoms with Crippen LogP contribution in [-0.4, -0.2) is 36.2 Å². The van der Waals surface area contributed by atoms with Crippen LogP contribution in [0.4, 0.5) is 5.69 Å². The van der Waals surface area contributed by atoms with Crippen LogP contribution in [0.1, 0.15) is 28.4 Å². The largest absolute Gasteiger partial charge is 0.345 e. The SMILES string of the molecule is CN(CC(=O)Nc1ccccc1Br)C(=O)CC(NC(=O)c1ccccc1)c1ccccc1. The first kappa shape index (κ1) is 23.2. The van der Waals surface area contributed by atoms with Crippen LogP contribution in [0.5, 0.6) is 0 Å². The third-order valence-corrected chi connectivity index (χ3v) is 5.57. The number of carbonyl (C=O) groups is 3. The Morgan fingerprint density at radius 1 is 0.875 bits per heavy atom. The summed E-state index contributed by atoms with van der Waals surface area (Å²) in [6, 6.07) is 24.9. The molecule has 0 aromatic heterocycles. The van der Waals surface area contributed by atoms with Crippen molar-refractivity contribution in [1.29, 1.82) is 0 Å². The van der Waals surface area contributed by atoms with E-state index < -0.39 is 6.04 Å². The topological polar surface area (TPSA) is 78.5 Å². The van der Waals surface area contributed by atoms with Gasteiger partial charge >= 0.3 is 0 Å². The Hall–Kier alpha value is -3.45. The van der Waals surface area contributed by atoms with Gasteiger partial charge in [0.2, 0.25) is 11.8 Å².